The molecule has 0 saturated carbocycles. The smallest absolute Gasteiger partial charge is 0.222 e. The van der Waals surface area contributed by atoms with Gasteiger partial charge in [-0.25, -0.2) is 0 Å². The lowest BCUT2D eigenvalue weighted by Gasteiger charge is -2.16. The molecule has 1 unspecified atom stereocenters. The van der Waals surface area contributed by atoms with Gasteiger partial charge in [0.25, 0.3) is 0 Å². The molecule has 0 aliphatic carbocycles. The highest BCUT2D eigenvalue weighted by Crippen LogP contribution is 2.28. The molecule has 0 saturated heterocycles. The maximum Gasteiger partial charge on any atom is 0.222 e. The summed E-state index contributed by atoms with van der Waals surface area (Å²) in [7, 11) is 0. The van der Waals surface area contributed by atoms with Gasteiger partial charge in [-0.15, -0.1) is 10.2 Å². The van der Waals surface area contributed by atoms with Gasteiger partial charge in [-0.3, -0.25) is 0 Å². The first-order chi connectivity index (χ1) is 7.01. The Hall–Kier alpha value is -0.860. The predicted molar refractivity (Wildman–Crippen MR) is 60.9 cm³/mol. The van der Waals surface area contributed by atoms with E-state index in [9.17, 15) is 0 Å². The molecule has 1 aromatic heterocycles. The molecule has 3 nitrogen and oxygen atoms in total. The molecule has 1 aromatic rings. The largest absolute Gasteiger partial charge is 0.424 e. The maximum atomic E-state index is 5.73. The molecule has 0 fully saturated rings. The van der Waals surface area contributed by atoms with E-state index in [0.717, 1.165) is 31.0 Å². The van der Waals surface area contributed by atoms with E-state index in [1.54, 1.807) is 0 Å². The van der Waals surface area contributed by atoms with Gasteiger partial charge in [0.15, 0.2) is 0 Å². The van der Waals surface area contributed by atoms with Crippen molar-refractivity contribution in [2.45, 2.75) is 65.2 Å². The molecule has 0 N–H and O–H groups in total. The molecule has 86 valence electrons. The number of aromatic nitrogens is 2. The third-order valence-corrected chi connectivity index (χ3v) is 3.05. The van der Waals surface area contributed by atoms with Crippen LogP contribution >= 0.6 is 0 Å². The Bertz CT molecular complexity index is 304. The van der Waals surface area contributed by atoms with Crippen LogP contribution < -0.4 is 0 Å². The number of nitrogens with zero attached hydrogens (tertiary/aromatic N) is 2. The molecule has 0 aliphatic heterocycles. The highest BCUT2D eigenvalue weighted by molar-refractivity contribution is 5.00. The number of hydrogen-bond donors (Lipinski definition) is 0. The fourth-order valence-electron chi connectivity index (χ4n) is 1.41. The molecule has 0 bridgehead atoms. The highest BCUT2D eigenvalue weighted by atomic mass is 16.4. The van der Waals surface area contributed by atoms with Gasteiger partial charge in [0, 0.05) is 11.3 Å². The lowest BCUT2D eigenvalue weighted by atomic mass is 9.90. The summed E-state index contributed by atoms with van der Waals surface area (Å²) in [6.45, 7) is 10.7. The molecule has 0 aromatic carbocycles. The highest BCUT2D eigenvalue weighted by Gasteiger charge is 2.26. The topological polar surface area (TPSA) is 38.9 Å². The van der Waals surface area contributed by atoms with Crippen molar-refractivity contribution in [3.63, 3.8) is 0 Å². The summed E-state index contributed by atoms with van der Waals surface area (Å²) in [4.78, 5) is 0. The van der Waals surface area contributed by atoms with Crippen LogP contribution in [0.4, 0.5) is 0 Å². The summed E-state index contributed by atoms with van der Waals surface area (Å²) in [6.07, 6.45) is 3.26. The number of hydrogen-bond acceptors (Lipinski definition) is 3. The number of rotatable bonds is 5. The second-order valence-electron chi connectivity index (χ2n) is 4.87. The van der Waals surface area contributed by atoms with Crippen LogP contribution in [0, 0.1) is 0 Å². The molecular weight excluding hydrogens is 188 g/mol. The molecule has 15 heavy (non-hydrogen) atoms. The SMILES string of the molecule is CCCC(C)c1nnc(C(C)(C)CC)o1. The van der Waals surface area contributed by atoms with Crippen LogP contribution in [0.15, 0.2) is 4.42 Å². The van der Waals surface area contributed by atoms with E-state index < -0.39 is 0 Å². The summed E-state index contributed by atoms with van der Waals surface area (Å²) >= 11 is 0. The quantitative estimate of drug-likeness (QED) is 0.744. The Morgan fingerprint density at radius 3 is 2.47 bits per heavy atom. The summed E-state index contributed by atoms with van der Waals surface area (Å²) in [5.41, 5.74) is -0.00279. The second-order valence-corrected chi connectivity index (χ2v) is 4.87. The van der Waals surface area contributed by atoms with Crippen LogP contribution in [0.3, 0.4) is 0 Å². The minimum Gasteiger partial charge on any atom is -0.424 e. The third kappa shape index (κ3) is 2.80. The monoisotopic (exact) mass is 210 g/mol. The fourth-order valence-corrected chi connectivity index (χ4v) is 1.41. The van der Waals surface area contributed by atoms with Gasteiger partial charge in [-0.2, -0.15) is 0 Å². The summed E-state index contributed by atoms with van der Waals surface area (Å²) < 4.78 is 5.73. The van der Waals surface area contributed by atoms with Crippen LogP contribution in [0.25, 0.3) is 0 Å². The van der Waals surface area contributed by atoms with Crippen molar-refractivity contribution in [1.29, 1.82) is 0 Å². The van der Waals surface area contributed by atoms with Gasteiger partial charge < -0.3 is 4.42 Å². The van der Waals surface area contributed by atoms with Crippen LogP contribution in [0.5, 0.6) is 0 Å². The Kier molecular flexibility index (Phi) is 3.89. The molecule has 0 amide bonds. The first kappa shape index (κ1) is 12.2. The maximum absolute atomic E-state index is 5.73. The van der Waals surface area contributed by atoms with Crippen molar-refractivity contribution in [3.8, 4) is 0 Å². The summed E-state index contributed by atoms with van der Waals surface area (Å²) in [6, 6.07) is 0. The Morgan fingerprint density at radius 2 is 1.93 bits per heavy atom. The summed E-state index contributed by atoms with van der Waals surface area (Å²) in [5.74, 6) is 1.93. The van der Waals surface area contributed by atoms with E-state index in [4.69, 9.17) is 4.42 Å². The minimum atomic E-state index is -0.00279. The van der Waals surface area contributed by atoms with Crippen LogP contribution in [-0.2, 0) is 5.41 Å². The molecule has 1 heterocycles. The zero-order valence-corrected chi connectivity index (χ0v) is 10.5. The van der Waals surface area contributed by atoms with Crippen molar-refractivity contribution in [2.75, 3.05) is 0 Å². The third-order valence-electron chi connectivity index (χ3n) is 3.05. The molecule has 0 radical (unpaired) electrons. The van der Waals surface area contributed by atoms with Crippen molar-refractivity contribution < 1.29 is 4.42 Å². The second kappa shape index (κ2) is 4.77. The Labute approximate surface area is 92.3 Å². The Morgan fingerprint density at radius 1 is 1.27 bits per heavy atom. The first-order valence-corrected chi connectivity index (χ1v) is 5.85. The van der Waals surface area contributed by atoms with Crippen molar-refractivity contribution in [1.82, 2.24) is 10.2 Å². The van der Waals surface area contributed by atoms with Gasteiger partial charge >= 0.3 is 0 Å². The molecule has 1 rings (SSSR count). The van der Waals surface area contributed by atoms with Crippen LogP contribution in [-0.4, -0.2) is 10.2 Å². The van der Waals surface area contributed by atoms with Gasteiger partial charge in [0.2, 0.25) is 11.8 Å². The zero-order chi connectivity index (χ0) is 11.5. The molecule has 1 atom stereocenters. The Balaban J connectivity index is 2.80. The lowest BCUT2D eigenvalue weighted by molar-refractivity contribution is 0.332. The van der Waals surface area contributed by atoms with E-state index >= 15 is 0 Å². The minimum absolute atomic E-state index is 0.00279. The average molecular weight is 210 g/mol. The standard InChI is InChI=1S/C12H22N2O/c1-6-8-9(3)10-13-14-11(15-10)12(4,5)7-2/h9H,6-8H2,1-5H3. The van der Waals surface area contributed by atoms with Gasteiger partial charge in [0.05, 0.1) is 0 Å². The first-order valence-electron chi connectivity index (χ1n) is 5.85. The van der Waals surface area contributed by atoms with E-state index in [1.165, 1.54) is 0 Å². The van der Waals surface area contributed by atoms with E-state index in [-0.39, 0.29) is 5.41 Å². The van der Waals surface area contributed by atoms with Crippen molar-refractivity contribution >= 4 is 0 Å². The van der Waals surface area contributed by atoms with Crippen LogP contribution in [0.2, 0.25) is 0 Å². The van der Waals surface area contributed by atoms with Crippen molar-refractivity contribution in [2.24, 2.45) is 0 Å². The predicted octanol–water partition coefficient (Wildman–Crippen LogP) is 3.66. The van der Waals surface area contributed by atoms with Gasteiger partial charge in [-0.05, 0) is 12.8 Å². The van der Waals surface area contributed by atoms with Crippen molar-refractivity contribution in [3.05, 3.63) is 11.8 Å². The molecule has 0 aliphatic rings. The average Bonchev–Trinajstić information content (AvgIpc) is 2.67. The van der Waals surface area contributed by atoms with Gasteiger partial charge in [-0.1, -0.05) is 41.0 Å². The zero-order valence-electron chi connectivity index (χ0n) is 10.5. The van der Waals surface area contributed by atoms with E-state index in [1.807, 2.05) is 0 Å². The lowest BCUT2D eigenvalue weighted by Crippen LogP contribution is -2.15. The molecular formula is C12H22N2O. The molecule has 0 spiro atoms. The fraction of sp³-hybridized carbons (Fsp3) is 0.833. The van der Waals surface area contributed by atoms with E-state index in [0.29, 0.717) is 5.92 Å². The normalized spacial score (nSPS) is 14.2. The van der Waals surface area contributed by atoms with Crippen LogP contribution in [0.1, 0.15) is 71.6 Å². The van der Waals surface area contributed by atoms with Gasteiger partial charge in [0.1, 0.15) is 0 Å². The summed E-state index contributed by atoms with van der Waals surface area (Å²) in [5, 5.41) is 8.28. The van der Waals surface area contributed by atoms with E-state index in [2.05, 4.69) is 44.8 Å². The molecule has 3 heteroatoms.